The maximum absolute atomic E-state index is 12.8. The summed E-state index contributed by atoms with van der Waals surface area (Å²) in [4.78, 5) is 38.1. The summed E-state index contributed by atoms with van der Waals surface area (Å²) in [5.74, 6) is 2.24. The van der Waals surface area contributed by atoms with Gasteiger partial charge in [0.1, 0.15) is 22.7 Å². The SMILES string of the molecule is Cc1ccnc(NC(=O)c2ccc(Oc3ccnc4[nH]nc(N[C@@H]5CCCN(C(=O)CCCN(C)C)C5)c34)cc2)c1. The van der Waals surface area contributed by atoms with Crippen molar-refractivity contribution in [1.82, 2.24) is 30.0 Å². The summed E-state index contributed by atoms with van der Waals surface area (Å²) in [5.41, 5.74) is 2.10. The zero-order valence-corrected chi connectivity index (χ0v) is 23.7. The number of hydrogen-bond donors (Lipinski definition) is 3. The molecule has 1 aliphatic heterocycles. The van der Waals surface area contributed by atoms with E-state index in [0.717, 1.165) is 43.3 Å². The van der Waals surface area contributed by atoms with Gasteiger partial charge in [-0.3, -0.25) is 14.7 Å². The number of fused-ring (bicyclic) bond motifs is 1. The maximum Gasteiger partial charge on any atom is 0.256 e. The van der Waals surface area contributed by atoms with Crippen LogP contribution in [-0.4, -0.2) is 81.6 Å². The van der Waals surface area contributed by atoms with Crippen molar-refractivity contribution in [3.8, 4) is 11.5 Å². The summed E-state index contributed by atoms with van der Waals surface area (Å²) in [7, 11) is 4.04. The number of likely N-dealkylation sites (tertiary alicyclic amines) is 1. The molecule has 3 aromatic heterocycles. The molecular weight excluding hydrogens is 520 g/mol. The Bertz CT molecular complexity index is 1500. The van der Waals surface area contributed by atoms with Gasteiger partial charge in [-0.05, 0) is 88.8 Å². The number of carbonyl (C=O) groups excluding carboxylic acids is 2. The number of benzene rings is 1. The maximum atomic E-state index is 12.8. The second-order valence-corrected chi connectivity index (χ2v) is 10.6. The number of pyridine rings is 2. The van der Waals surface area contributed by atoms with Gasteiger partial charge in [0.05, 0.1) is 0 Å². The van der Waals surface area contributed by atoms with Crippen LogP contribution in [0.15, 0.2) is 54.9 Å². The number of anilines is 2. The summed E-state index contributed by atoms with van der Waals surface area (Å²) in [6, 6.07) is 12.5. The molecule has 3 N–H and O–H groups in total. The first kappa shape index (κ1) is 28.0. The van der Waals surface area contributed by atoms with E-state index in [2.05, 4.69) is 35.7 Å². The highest BCUT2D eigenvalue weighted by Crippen LogP contribution is 2.33. The quantitative estimate of drug-likeness (QED) is 0.261. The van der Waals surface area contributed by atoms with Crippen LogP contribution in [0.3, 0.4) is 0 Å². The molecule has 214 valence electrons. The van der Waals surface area contributed by atoms with Crippen molar-refractivity contribution < 1.29 is 14.3 Å². The van der Waals surface area contributed by atoms with Gasteiger partial charge in [-0.25, -0.2) is 9.97 Å². The number of nitrogens with one attached hydrogen (secondary N) is 3. The van der Waals surface area contributed by atoms with Gasteiger partial charge >= 0.3 is 0 Å². The first-order valence-electron chi connectivity index (χ1n) is 13.9. The molecule has 1 aromatic carbocycles. The van der Waals surface area contributed by atoms with Gasteiger partial charge in [0, 0.05) is 49.6 Å². The number of carbonyl (C=O) groups is 2. The molecular formula is C30H36N8O3. The molecule has 0 unspecified atom stereocenters. The number of piperidine rings is 1. The fourth-order valence-corrected chi connectivity index (χ4v) is 4.93. The van der Waals surface area contributed by atoms with E-state index in [1.165, 1.54) is 0 Å². The standard InChI is InChI=1S/C30H36N8O3/c1-20-12-14-31-25(18-20)34-30(40)21-8-10-23(11-9-21)41-24-13-15-32-28-27(24)29(36-35-28)33-22-6-4-17-38(19-22)26(39)7-5-16-37(2)3/h8-15,18,22H,4-7,16-17,19H2,1-3H3,(H,31,34,40)(H2,32,33,35,36)/t22-/m1/s1. The molecule has 4 heterocycles. The zero-order valence-electron chi connectivity index (χ0n) is 23.7. The highest BCUT2D eigenvalue weighted by molar-refractivity contribution is 6.03. The van der Waals surface area contributed by atoms with Crippen LogP contribution in [0.5, 0.6) is 11.5 Å². The smallest absolute Gasteiger partial charge is 0.256 e. The van der Waals surface area contributed by atoms with Crippen LogP contribution in [0, 0.1) is 6.92 Å². The van der Waals surface area contributed by atoms with Gasteiger partial charge in [0.15, 0.2) is 11.5 Å². The molecule has 0 radical (unpaired) electrons. The minimum absolute atomic E-state index is 0.0711. The summed E-state index contributed by atoms with van der Waals surface area (Å²) >= 11 is 0. The van der Waals surface area contributed by atoms with Gasteiger partial charge in [-0.2, -0.15) is 5.10 Å². The predicted octanol–water partition coefficient (Wildman–Crippen LogP) is 4.45. The van der Waals surface area contributed by atoms with Crippen molar-refractivity contribution in [2.24, 2.45) is 0 Å². The number of aryl methyl sites for hydroxylation is 1. The Labute approximate surface area is 239 Å². The van der Waals surface area contributed by atoms with E-state index in [1.807, 2.05) is 38.1 Å². The molecule has 41 heavy (non-hydrogen) atoms. The van der Waals surface area contributed by atoms with Crippen molar-refractivity contribution in [2.45, 2.75) is 38.6 Å². The third-order valence-corrected chi connectivity index (χ3v) is 7.04. The summed E-state index contributed by atoms with van der Waals surface area (Å²) in [5, 5.41) is 14.5. The minimum Gasteiger partial charge on any atom is -0.456 e. The number of hydrogen-bond acceptors (Lipinski definition) is 8. The number of nitrogens with zero attached hydrogens (tertiary/aromatic N) is 5. The molecule has 11 heteroatoms. The Morgan fingerprint density at radius 3 is 2.71 bits per heavy atom. The monoisotopic (exact) mass is 556 g/mol. The third kappa shape index (κ3) is 7.17. The number of rotatable bonds is 10. The molecule has 2 amide bonds. The summed E-state index contributed by atoms with van der Waals surface area (Å²) in [6.45, 7) is 4.26. The molecule has 4 aromatic rings. The van der Waals surface area contributed by atoms with Gasteiger partial charge in [0.2, 0.25) is 5.91 Å². The highest BCUT2D eigenvalue weighted by atomic mass is 16.5. The Morgan fingerprint density at radius 1 is 1.12 bits per heavy atom. The van der Waals surface area contributed by atoms with E-state index in [1.54, 1.807) is 42.7 Å². The molecule has 1 aliphatic rings. The molecule has 1 atom stereocenters. The van der Waals surface area contributed by atoms with Crippen LogP contribution >= 0.6 is 0 Å². The summed E-state index contributed by atoms with van der Waals surface area (Å²) in [6.07, 6.45) is 6.60. The lowest BCUT2D eigenvalue weighted by atomic mass is 10.0. The second kappa shape index (κ2) is 12.8. The van der Waals surface area contributed by atoms with Crippen molar-refractivity contribution in [3.63, 3.8) is 0 Å². The van der Waals surface area contributed by atoms with E-state index >= 15 is 0 Å². The van der Waals surface area contributed by atoms with Crippen molar-refractivity contribution in [1.29, 1.82) is 0 Å². The average Bonchev–Trinajstić information content (AvgIpc) is 3.37. The molecule has 0 bridgehead atoms. The average molecular weight is 557 g/mol. The molecule has 0 saturated carbocycles. The van der Waals surface area contributed by atoms with Crippen LogP contribution in [0.4, 0.5) is 11.6 Å². The Hall–Kier alpha value is -4.51. The predicted molar refractivity (Wildman–Crippen MR) is 158 cm³/mol. The first-order chi connectivity index (χ1) is 19.9. The van der Waals surface area contributed by atoms with E-state index < -0.39 is 0 Å². The molecule has 1 saturated heterocycles. The van der Waals surface area contributed by atoms with Crippen LogP contribution in [0.2, 0.25) is 0 Å². The van der Waals surface area contributed by atoms with Gasteiger partial charge in [-0.1, -0.05) is 0 Å². The first-order valence-corrected chi connectivity index (χ1v) is 13.9. The van der Waals surface area contributed by atoms with Gasteiger partial charge < -0.3 is 25.2 Å². The molecule has 11 nitrogen and oxygen atoms in total. The largest absolute Gasteiger partial charge is 0.456 e. The number of H-pyrrole nitrogens is 1. The number of ether oxygens (including phenoxy) is 1. The lowest BCUT2D eigenvalue weighted by Crippen LogP contribution is -2.45. The van der Waals surface area contributed by atoms with Crippen LogP contribution in [0.1, 0.15) is 41.6 Å². The fraction of sp³-hybridized carbons (Fsp3) is 0.367. The molecule has 0 spiro atoms. The third-order valence-electron chi connectivity index (χ3n) is 7.04. The van der Waals surface area contributed by atoms with Crippen molar-refractivity contribution in [2.75, 3.05) is 44.4 Å². The normalized spacial score (nSPS) is 15.2. The van der Waals surface area contributed by atoms with Crippen LogP contribution in [-0.2, 0) is 4.79 Å². The number of amides is 2. The van der Waals surface area contributed by atoms with E-state index in [4.69, 9.17) is 4.74 Å². The van der Waals surface area contributed by atoms with Gasteiger partial charge in [0.25, 0.3) is 5.91 Å². The van der Waals surface area contributed by atoms with Crippen LogP contribution in [0.25, 0.3) is 11.0 Å². The lowest BCUT2D eigenvalue weighted by Gasteiger charge is -2.33. The lowest BCUT2D eigenvalue weighted by molar-refractivity contribution is -0.132. The van der Waals surface area contributed by atoms with Crippen molar-refractivity contribution in [3.05, 3.63) is 66.0 Å². The second-order valence-electron chi connectivity index (χ2n) is 10.6. The topological polar surface area (TPSA) is 128 Å². The highest BCUT2D eigenvalue weighted by Gasteiger charge is 2.25. The number of aromatic amines is 1. The van der Waals surface area contributed by atoms with E-state index in [-0.39, 0.29) is 17.9 Å². The number of aromatic nitrogens is 4. The minimum atomic E-state index is -0.250. The van der Waals surface area contributed by atoms with E-state index in [9.17, 15) is 9.59 Å². The Kier molecular flexibility index (Phi) is 8.73. The fourth-order valence-electron chi connectivity index (χ4n) is 4.93. The molecule has 1 fully saturated rings. The van der Waals surface area contributed by atoms with Crippen molar-refractivity contribution >= 4 is 34.5 Å². The van der Waals surface area contributed by atoms with Gasteiger partial charge in [-0.15, -0.1) is 0 Å². The Morgan fingerprint density at radius 2 is 1.93 bits per heavy atom. The Balaban J connectivity index is 1.25. The van der Waals surface area contributed by atoms with E-state index in [0.29, 0.717) is 47.3 Å². The summed E-state index contributed by atoms with van der Waals surface area (Å²) < 4.78 is 6.22. The molecule has 5 rings (SSSR count). The van der Waals surface area contributed by atoms with Crippen LogP contribution < -0.4 is 15.4 Å². The zero-order chi connectivity index (χ0) is 28.8. The molecule has 0 aliphatic carbocycles.